The maximum absolute atomic E-state index is 12.7. The van der Waals surface area contributed by atoms with Crippen LogP contribution in [0.25, 0.3) is 22.2 Å². The van der Waals surface area contributed by atoms with Gasteiger partial charge in [-0.25, -0.2) is 9.97 Å². The molecular formula is C19H18ClN3O. The fraction of sp³-hybridized carbons (Fsp3) is 0.211. The van der Waals surface area contributed by atoms with E-state index in [4.69, 9.17) is 11.6 Å². The van der Waals surface area contributed by atoms with Crippen LogP contribution >= 0.6 is 11.6 Å². The van der Waals surface area contributed by atoms with Gasteiger partial charge >= 0.3 is 0 Å². The number of rotatable bonds is 3. The summed E-state index contributed by atoms with van der Waals surface area (Å²) >= 11 is 6.14. The van der Waals surface area contributed by atoms with E-state index in [1.807, 2.05) is 56.3 Å². The maximum atomic E-state index is 12.7. The average molecular weight is 340 g/mol. The fourth-order valence-electron chi connectivity index (χ4n) is 2.40. The van der Waals surface area contributed by atoms with Gasteiger partial charge < -0.3 is 4.90 Å². The molecule has 0 N–H and O–H groups in total. The van der Waals surface area contributed by atoms with Crippen LogP contribution in [-0.4, -0.2) is 33.9 Å². The van der Waals surface area contributed by atoms with Gasteiger partial charge in [0.05, 0.1) is 11.2 Å². The molecule has 2 aromatic carbocycles. The number of nitrogens with zero attached hydrogens (tertiary/aromatic N) is 3. The first-order valence-electron chi connectivity index (χ1n) is 7.77. The van der Waals surface area contributed by atoms with E-state index in [-0.39, 0.29) is 17.8 Å². The van der Waals surface area contributed by atoms with E-state index in [0.29, 0.717) is 16.2 Å². The Morgan fingerprint density at radius 2 is 1.79 bits per heavy atom. The molecule has 1 heterocycles. The minimum atomic E-state index is -0.195. The summed E-state index contributed by atoms with van der Waals surface area (Å²) in [6.07, 6.45) is 0. The maximum Gasteiger partial charge on any atom is 0.291 e. The smallest absolute Gasteiger partial charge is 0.291 e. The number of fused-ring (bicyclic) bond motifs is 1. The second-order valence-electron chi connectivity index (χ2n) is 5.93. The molecule has 5 heteroatoms. The number of hydrogen-bond acceptors (Lipinski definition) is 3. The molecule has 122 valence electrons. The molecule has 0 bridgehead atoms. The van der Waals surface area contributed by atoms with E-state index in [0.717, 1.165) is 10.9 Å². The fourth-order valence-corrected chi connectivity index (χ4v) is 2.58. The second kappa shape index (κ2) is 6.57. The number of amides is 1. The van der Waals surface area contributed by atoms with E-state index in [1.165, 1.54) is 0 Å². The van der Waals surface area contributed by atoms with Gasteiger partial charge in [0.1, 0.15) is 0 Å². The van der Waals surface area contributed by atoms with Crippen LogP contribution in [0.4, 0.5) is 0 Å². The van der Waals surface area contributed by atoms with Crippen molar-refractivity contribution in [3.63, 3.8) is 0 Å². The van der Waals surface area contributed by atoms with Crippen LogP contribution in [0.2, 0.25) is 5.02 Å². The number of halogens is 1. The molecule has 0 aliphatic heterocycles. The van der Waals surface area contributed by atoms with Crippen molar-refractivity contribution in [2.45, 2.75) is 19.9 Å². The van der Waals surface area contributed by atoms with Crippen LogP contribution in [0.3, 0.4) is 0 Å². The van der Waals surface area contributed by atoms with Crippen LogP contribution in [0, 0.1) is 0 Å². The molecule has 1 aromatic heterocycles. The van der Waals surface area contributed by atoms with Gasteiger partial charge in [0.2, 0.25) is 5.82 Å². The first-order valence-corrected chi connectivity index (χ1v) is 8.15. The molecule has 0 aliphatic rings. The zero-order valence-corrected chi connectivity index (χ0v) is 14.6. The Hall–Kier alpha value is -2.46. The molecule has 0 saturated heterocycles. The molecule has 3 rings (SSSR count). The third-order valence-electron chi connectivity index (χ3n) is 3.99. The molecule has 0 saturated carbocycles. The summed E-state index contributed by atoms with van der Waals surface area (Å²) in [6.45, 7) is 3.91. The summed E-state index contributed by atoms with van der Waals surface area (Å²) in [4.78, 5) is 23.3. The van der Waals surface area contributed by atoms with Crippen LogP contribution in [0.15, 0.2) is 48.5 Å². The molecule has 4 nitrogen and oxygen atoms in total. The molecule has 0 atom stereocenters. The molecule has 1 amide bonds. The number of benzene rings is 2. The van der Waals surface area contributed by atoms with Crippen LogP contribution in [-0.2, 0) is 0 Å². The lowest BCUT2D eigenvalue weighted by Gasteiger charge is -2.21. The largest absolute Gasteiger partial charge is 0.337 e. The lowest BCUT2D eigenvalue weighted by molar-refractivity contribution is 0.0743. The average Bonchev–Trinajstić information content (AvgIpc) is 2.60. The lowest BCUT2D eigenvalue weighted by atomic mass is 10.1. The van der Waals surface area contributed by atoms with Crippen LogP contribution < -0.4 is 0 Å². The Kier molecular flexibility index (Phi) is 4.49. The number of aromatic nitrogens is 2. The number of carbonyl (C=O) groups excluding carboxylic acids is 1. The predicted octanol–water partition coefficient (Wildman–Crippen LogP) is 4.43. The van der Waals surface area contributed by atoms with Gasteiger partial charge in [-0.2, -0.15) is 0 Å². The lowest BCUT2D eigenvalue weighted by Crippen LogP contribution is -2.34. The van der Waals surface area contributed by atoms with Gasteiger partial charge in [0, 0.05) is 29.1 Å². The summed E-state index contributed by atoms with van der Waals surface area (Å²) in [5.74, 6) is -0.00101. The quantitative estimate of drug-likeness (QED) is 0.709. The Morgan fingerprint density at radius 1 is 1.08 bits per heavy atom. The summed E-state index contributed by atoms with van der Waals surface area (Å²) in [5, 5.41) is 1.44. The topological polar surface area (TPSA) is 46.1 Å². The van der Waals surface area contributed by atoms with Crippen molar-refractivity contribution in [1.82, 2.24) is 14.9 Å². The van der Waals surface area contributed by atoms with Gasteiger partial charge in [-0.3, -0.25) is 4.79 Å². The van der Waals surface area contributed by atoms with E-state index < -0.39 is 0 Å². The van der Waals surface area contributed by atoms with E-state index in [2.05, 4.69) is 9.97 Å². The zero-order valence-electron chi connectivity index (χ0n) is 13.8. The van der Waals surface area contributed by atoms with Gasteiger partial charge in [0.15, 0.2) is 0 Å². The summed E-state index contributed by atoms with van der Waals surface area (Å²) in [6, 6.07) is 15.2. The van der Waals surface area contributed by atoms with E-state index >= 15 is 0 Å². The van der Waals surface area contributed by atoms with Crippen molar-refractivity contribution >= 4 is 28.4 Å². The third kappa shape index (κ3) is 3.10. The Balaban J connectivity index is 2.24. The summed E-state index contributed by atoms with van der Waals surface area (Å²) in [5.41, 5.74) is 2.34. The monoisotopic (exact) mass is 339 g/mol. The van der Waals surface area contributed by atoms with Crippen molar-refractivity contribution in [1.29, 1.82) is 0 Å². The minimum absolute atomic E-state index is 0.0715. The summed E-state index contributed by atoms with van der Waals surface area (Å²) < 4.78 is 0. The van der Waals surface area contributed by atoms with Crippen molar-refractivity contribution < 1.29 is 4.79 Å². The molecule has 0 unspecified atom stereocenters. The molecular weight excluding hydrogens is 322 g/mol. The normalized spacial score (nSPS) is 11.0. The molecule has 24 heavy (non-hydrogen) atoms. The highest BCUT2D eigenvalue weighted by atomic mass is 35.5. The molecule has 0 radical (unpaired) electrons. The van der Waals surface area contributed by atoms with Crippen LogP contribution in [0.1, 0.15) is 24.5 Å². The first kappa shape index (κ1) is 16.4. The van der Waals surface area contributed by atoms with E-state index in [1.54, 1.807) is 18.0 Å². The van der Waals surface area contributed by atoms with Crippen molar-refractivity contribution in [3.8, 4) is 11.3 Å². The highest BCUT2D eigenvalue weighted by molar-refractivity contribution is 6.31. The second-order valence-corrected chi connectivity index (χ2v) is 6.37. The van der Waals surface area contributed by atoms with Gasteiger partial charge in [-0.15, -0.1) is 0 Å². The molecule has 0 spiro atoms. The van der Waals surface area contributed by atoms with Gasteiger partial charge in [0.25, 0.3) is 5.91 Å². The highest BCUT2D eigenvalue weighted by Crippen LogP contribution is 2.28. The highest BCUT2D eigenvalue weighted by Gasteiger charge is 2.20. The van der Waals surface area contributed by atoms with Crippen LogP contribution in [0.5, 0.6) is 0 Å². The third-order valence-corrected chi connectivity index (χ3v) is 4.23. The molecule has 3 aromatic rings. The van der Waals surface area contributed by atoms with Gasteiger partial charge in [-0.1, -0.05) is 41.9 Å². The molecule has 0 aliphatic carbocycles. The Labute approximate surface area is 146 Å². The summed E-state index contributed by atoms with van der Waals surface area (Å²) in [7, 11) is 1.75. The van der Waals surface area contributed by atoms with Crippen molar-refractivity contribution in [2.75, 3.05) is 7.05 Å². The molecule has 0 fully saturated rings. The van der Waals surface area contributed by atoms with Crippen molar-refractivity contribution in [2.24, 2.45) is 0 Å². The minimum Gasteiger partial charge on any atom is -0.337 e. The van der Waals surface area contributed by atoms with Gasteiger partial charge in [-0.05, 0) is 32.0 Å². The standard InChI is InChI=1S/C19H18ClN3O/c1-12(2)23(3)19(24)18-21-16-10-9-14(20)11-15(16)17(22-18)13-7-5-4-6-8-13/h4-12H,1-3H3. The predicted molar refractivity (Wildman–Crippen MR) is 97.2 cm³/mol. The van der Waals surface area contributed by atoms with E-state index in [9.17, 15) is 4.79 Å². The first-order chi connectivity index (χ1) is 11.5. The number of carbonyl (C=O) groups is 1. The van der Waals surface area contributed by atoms with Crippen molar-refractivity contribution in [3.05, 3.63) is 59.4 Å². The Bertz CT molecular complexity index is 894. The zero-order chi connectivity index (χ0) is 17.3. The Morgan fingerprint density at radius 3 is 2.46 bits per heavy atom. The number of hydrogen-bond donors (Lipinski definition) is 0. The SMILES string of the molecule is CC(C)N(C)C(=O)c1nc(-c2ccccc2)c2cc(Cl)ccc2n1.